The summed E-state index contributed by atoms with van der Waals surface area (Å²) in [7, 11) is 0. The molecule has 0 radical (unpaired) electrons. The van der Waals surface area contributed by atoms with Gasteiger partial charge in [-0.3, -0.25) is 5.41 Å². The van der Waals surface area contributed by atoms with Crippen LogP contribution in [-0.4, -0.2) is 28.3 Å². The lowest BCUT2D eigenvalue weighted by Gasteiger charge is -2.20. The number of hydrogen-bond acceptors (Lipinski definition) is 6. The number of guanidine groups is 1. The monoisotopic (exact) mass is 252 g/mol. The highest BCUT2D eigenvalue weighted by Crippen LogP contribution is 2.19. The van der Waals surface area contributed by atoms with E-state index < -0.39 is 5.91 Å². The van der Waals surface area contributed by atoms with Gasteiger partial charge in [0, 0.05) is 23.9 Å². The first kappa shape index (κ1) is 13.7. The van der Waals surface area contributed by atoms with E-state index in [0.29, 0.717) is 16.9 Å². The number of hydrazone groups is 1. The number of nitrogen functional groups attached to an aromatic ring is 1. The van der Waals surface area contributed by atoms with Gasteiger partial charge in [-0.05, 0) is 18.2 Å². The highest BCUT2D eigenvalue weighted by molar-refractivity contribution is 5.90. The topological polar surface area (TPSA) is 153 Å². The molecule has 0 bridgehead atoms. The highest BCUT2D eigenvalue weighted by atomic mass is 16.5. The van der Waals surface area contributed by atoms with Crippen molar-refractivity contribution in [2.24, 2.45) is 10.8 Å². The predicted octanol–water partition coefficient (Wildman–Crippen LogP) is -0.844. The third kappa shape index (κ3) is 4.68. The van der Waals surface area contributed by atoms with Crippen LogP contribution >= 0.6 is 0 Å². The second kappa shape index (κ2) is 5.34. The smallest absolute Gasteiger partial charge is 0.241 e. The van der Waals surface area contributed by atoms with Gasteiger partial charge in [0.05, 0.1) is 6.21 Å². The summed E-state index contributed by atoms with van der Waals surface area (Å²) in [4.78, 5) is 0. The van der Waals surface area contributed by atoms with E-state index >= 15 is 0 Å². The molecule has 0 saturated carbocycles. The van der Waals surface area contributed by atoms with Crippen molar-refractivity contribution < 1.29 is 10.2 Å². The van der Waals surface area contributed by atoms with Crippen LogP contribution in [0.5, 0.6) is 0 Å². The zero-order chi connectivity index (χ0) is 13.8. The van der Waals surface area contributed by atoms with Crippen LogP contribution < -0.4 is 22.2 Å². The maximum absolute atomic E-state index is 9.28. The molecule has 0 heterocycles. The molecule has 1 aromatic carbocycles. The molecule has 0 aliphatic heterocycles. The molecule has 8 nitrogen and oxygen atoms in total. The Morgan fingerprint density at radius 3 is 2.72 bits per heavy atom. The maximum Gasteiger partial charge on any atom is 0.241 e. The summed E-state index contributed by atoms with van der Waals surface area (Å²) < 4.78 is 0. The first-order valence-corrected chi connectivity index (χ1v) is 5.03. The van der Waals surface area contributed by atoms with Crippen LogP contribution in [0.4, 0.5) is 11.4 Å². The fraction of sp³-hybridized carbons (Fsp3) is 0.200. The molecule has 0 aliphatic rings. The summed E-state index contributed by atoms with van der Waals surface area (Å²) in [6.45, 7) is 1.18. The van der Waals surface area contributed by atoms with E-state index in [1.165, 1.54) is 13.1 Å². The van der Waals surface area contributed by atoms with Gasteiger partial charge in [0.2, 0.25) is 11.9 Å². The third-order valence-corrected chi connectivity index (χ3v) is 1.84. The fourth-order valence-electron chi connectivity index (χ4n) is 1.23. The number of anilines is 2. The zero-order valence-corrected chi connectivity index (χ0v) is 9.81. The summed E-state index contributed by atoms with van der Waals surface area (Å²) in [5, 5.41) is 31.6. The number of nitrogens with zero attached hydrogens (tertiary/aromatic N) is 1. The average Bonchev–Trinajstić information content (AvgIpc) is 2.19. The number of benzene rings is 1. The summed E-state index contributed by atoms with van der Waals surface area (Å²) in [5.41, 5.74) is 14.3. The molecule has 18 heavy (non-hydrogen) atoms. The first-order chi connectivity index (χ1) is 8.28. The summed E-state index contributed by atoms with van der Waals surface area (Å²) in [6.07, 6.45) is 1.35. The van der Waals surface area contributed by atoms with E-state index in [0.717, 1.165) is 0 Å². The van der Waals surface area contributed by atoms with Gasteiger partial charge >= 0.3 is 0 Å². The van der Waals surface area contributed by atoms with E-state index in [2.05, 4.69) is 15.8 Å². The predicted molar refractivity (Wildman–Crippen MR) is 70.0 cm³/mol. The number of rotatable bonds is 4. The van der Waals surface area contributed by atoms with Gasteiger partial charge < -0.3 is 27.0 Å². The number of nitrogens with two attached hydrogens (primary N) is 2. The Bertz CT molecular complexity index is 466. The Hall–Kier alpha value is -2.32. The molecule has 0 saturated heterocycles. The van der Waals surface area contributed by atoms with Crippen molar-refractivity contribution in [1.82, 2.24) is 5.43 Å². The third-order valence-electron chi connectivity index (χ3n) is 1.84. The molecule has 0 amide bonds. The van der Waals surface area contributed by atoms with Crippen molar-refractivity contribution in [3.8, 4) is 0 Å². The maximum atomic E-state index is 9.28. The van der Waals surface area contributed by atoms with Gasteiger partial charge in [-0.2, -0.15) is 5.10 Å². The van der Waals surface area contributed by atoms with Crippen molar-refractivity contribution in [3.63, 3.8) is 0 Å². The molecule has 0 aliphatic carbocycles. The molecule has 98 valence electrons. The quantitative estimate of drug-likeness (QED) is 0.122. The minimum atomic E-state index is -2.06. The summed E-state index contributed by atoms with van der Waals surface area (Å²) >= 11 is 0. The van der Waals surface area contributed by atoms with Gasteiger partial charge in [-0.1, -0.05) is 0 Å². The van der Waals surface area contributed by atoms with Crippen molar-refractivity contribution in [1.29, 1.82) is 5.41 Å². The second-order valence-electron chi connectivity index (χ2n) is 3.78. The Balaban J connectivity index is 2.96. The molecule has 0 aromatic heterocycles. The van der Waals surface area contributed by atoms with Gasteiger partial charge in [-0.15, -0.1) is 0 Å². The lowest BCUT2D eigenvalue weighted by molar-refractivity contribution is -0.118. The molecule has 1 rings (SSSR count). The molecule has 0 unspecified atom stereocenters. The van der Waals surface area contributed by atoms with Crippen molar-refractivity contribution >= 4 is 23.5 Å². The number of aliphatic hydroxyl groups is 2. The van der Waals surface area contributed by atoms with Crippen LogP contribution in [0.2, 0.25) is 0 Å². The van der Waals surface area contributed by atoms with Crippen molar-refractivity contribution in [3.05, 3.63) is 23.8 Å². The van der Waals surface area contributed by atoms with E-state index in [1.54, 1.807) is 18.2 Å². The average molecular weight is 252 g/mol. The Morgan fingerprint density at radius 2 is 2.17 bits per heavy atom. The van der Waals surface area contributed by atoms with Gasteiger partial charge in [0.1, 0.15) is 0 Å². The van der Waals surface area contributed by atoms with E-state index in [9.17, 15) is 10.2 Å². The molecule has 0 atom stereocenters. The van der Waals surface area contributed by atoms with Gasteiger partial charge in [-0.25, -0.2) is 5.43 Å². The second-order valence-corrected chi connectivity index (χ2v) is 3.78. The van der Waals surface area contributed by atoms with Crippen LogP contribution in [0.1, 0.15) is 12.5 Å². The molecule has 1 aromatic rings. The van der Waals surface area contributed by atoms with Crippen LogP contribution in [0.15, 0.2) is 23.3 Å². The van der Waals surface area contributed by atoms with Crippen LogP contribution in [0, 0.1) is 5.41 Å². The molecule has 0 fully saturated rings. The van der Waals surface area contributed by atoms with E-state index in [4.69, 9.17) is 16.9 Å². The minimum absolute atomic E-state index is 0.307. The number of nitrogens with one attached hydrogen (secondary N) is 3. The lowest BCUT2D eigenvalue weighted by atomic mass is 10.1. The van der Waals surface area contributed by atoms with Crippen molar-refractivity contribution in [2.45, 2.75) is 12.8 Å². The molecule has 0 spiro atoms. The fourth-order valence-corrected chi connectivity index (χ4v) is 1.23. The van der Waals surface area contributed by atoms with E-state index in [1.807, 2.05) is 0 Å². The number of hydrogen-bond donors (Lipinski definition) is 7. The normalized spacial score (nSPS) is 11.5. The Labute approximate surface area is 104 Å². The van der Waals surface area contributed by atoms with Crippen LogP contribution in [-0.2, 0) is 0 Å². The Morgan fingerprint density at radius 1 is 1.50 bits per heavy atom. The lowest BCUT2D eigenvalue weighted by Crippen LogP contribution is -2.34. The van der Waals surface area contributed by atoms with Crippen LogP contribution in [0.3, 0.4) is 0 Å². The van der Waals surface area contributed by atoms with Gasteiger partial charge in [0.25, 0.3) is 0 Å². The SMILES string of the molecule is CC(O)(O)Nc1ccc(N)cc1/C=N/NC(=N)N. The van der Waals surface area contributed by atoms with E-state index in [-0.39, 0.29) is 5.96 Å². The molecular weight excluding hydrogens is 236 g/mol. The van der Waals surface area contributed by atoms with Crippen molar-refractivity contribution in [2.75, 3.05) is 11.1 Å². The summed E-state index contributed by atoms with van der Waals surface area (Å²) in [6, 6.07) is 4.76. The molecule has 8 heteroatoms. The van der Waals surface area contributed by atoms with Gasteiger partial charge in [0.15, 0.2) is 0 Å². The molecule has 9 N–H and O–H groups in total. The first-order valence-electron chi connectivity index (χ1n) is 5.03. The summed E-state index contributed by atoms with van der Waals surface area (Å²) in [5.74, 6) is -2.37. The highest BCUT2D eigenvalue weighted by Gasteiger charge is 2.15. The Kier molecular flexibility index (Phi) is 4.08. The standard InChI is InChI=1S/C10H16N6O2/c1-10(17,18)15-8-3-2-7(11)4-6(8)5-14-16-9(12)13/h2-5,15,17-18H,11H2,1H3,(H4,12,13,16)/b14-5+. The largest absolute Gasteiger partial charge is 0.399 e. The minimum Gasteiger partial charge on any atom is -0.399 e. The van der Waals surface area contributed by atoms with Crippen LogP contribution in [0.25, 0.3) is 0 Å². The zero-order valence-electron chi connectivity index (χ0n) is 9.81. The molecular formula is C10H16N6O2.